The molecule has 0 spiro atoms. The fourth-order valence-corrected chi connectivity index (χ4v) is 2.94. The molecule has 5 nitrogen and oxygen atoms in total. The third-order valence-electron chi connectivity index (χ3n) is 4.37. The summed E-state index contributed by atoms with van der Waals surface area (Å²) >= 11 is 0. The van der Waals surface area contributed by atoms with Crippen molar-refractivity contribution < 1.29 is 13.2 Å². The minimum Gasteiger partial charge on any atom is -0.323 e. The maximum Gasteiger partial charge on any atom is 0.416 e. The van der Waals surface area contributed by atoms with Crippen molar-refractivity contribution in [3.63, 3.8) is 0 Å². The second-order valence-electron chi connectivity index (χ2n) is 6.40. The Hall–Kier alpha value is -3.68. The molecule has 2 aromatic carbocycles. The molecule has 1 N–H and O–H groups in total. The number of anilines is 2. The molecule has 29 heavy (non-hydrogen) atoms. The lowest BCUT2D eigenvalue weighted by molar-refractivity contribution is -0.137. The first-order chi connectivity index (χ1) is 13.9. The number of aromatic nitrogens is 4. The van der Waals surface area contributed by atoms with Crippen LogP contribution in [0.1, 0.15) is 5.56 Å². The minimum absolute atomic E-state index is 0.302. The summed E-state index contributed by atoms with van der Waals surface area (Å²) in [6.45, 7) is 0. The molecule has 0 atom stereocenters. The van der Waals surface area contributed by atoms with Gasteiger partial charge in [0.15, 0.2) is 5.82 Å². The third-order valence-corrected chi connectivity index (χ3v) is 4.37. The highest BCUT2D eigenvalue weighted by atomic mass is 19.4. The van der Waals surface area contributed by atoms with Crippen molar-refractivity contribution in [1.82, 2.24) is 19.7 Å². The van der Waals surface area contributed by atoms with Gasteiger partial charge in [-0.25, -0.2) is 4.68 Å². The molecular weight excluding hydrogens is 379 g/mol. The summed E-state index contributed by atoms with van der Waals surface area (Å²) in [4.78, 5) is 8.35. The van der Waals surface area contributed by atoms with Gasteiger partial charge >= 0.3 is 6.18 Å². The standard InChI is InChI=1S/C21H16F3N5/c1-29-19(16-3-2-4-17(13-16)21(22,23)24)27-20(28-29)26-18-7-5-14(6-8-18)15-9-11-25-12-10-15/h2-13H,1H3,(H,26,28). The lowest BCUT2D eigenvalue weighted by atomic mass is 10.1. The largest absolute Gasteiger partial charge is 0.416 e. The van der Waals surface area contributed by atoms with Crippen molar-refractivity contribution in [3.05, 3.63) is 78.6 Å². The SMILES string of the molecule is Cn1nc(Nc2ccc(-c3ccncc3)cc2)nc1-c1cccc(C(F)(F)F)c1. The molecule has 0 amide bonds. The molecule has 0 unspecified atom stereocenters. The number of benzene rings is 2. The van der Waals surface area contributed by atoms with Gasteiger partial charge in [0.25, 0.3) is 0 Å². The van der Waals surface area contributed by atoms with Gasteiger partial charge in [-0.05, 0) is 47.5 Å². The molecule has 2 heterocycles. The van der Waals surface area contributed by atoms with Crippen LogP contribution in [0.15, 0.2) is 73.1 Å². The Balaban J connectivity index is 1.56. The molecule has 4 aromatic rings. The first-order valence-electron chi connectivity index (χ1n) is 8.76. The van der Waals surface area contributed by atoms with Crippen LogP contribution >= 0.6 is 0 Å². The molecule has 2 aromatic heterocycles. The van der Waals surface area contributed by atoms with E-state index in [-0.39, 0.29) is 0 Å². The Morgan fingerprint density at radius 2 is 1.55 bits per heavy atom. The Morgan fingerprint density at radius 3 is 2.24 bits per heavy atom. The fourth-order valence-electron chi connectivity index (χ4n) is 2.94. The Bertz CT molecular complexity index is 1120. The molecule has 0 saturated heterocycles. The highest BCUT2D eigenvalue weighted by Gasteiger charge is 2.30. The molecule has 0 fully saturated rings. The topological polar surface area (TPSA) is 55.6 Å². The number of rotatable bonds is 4. The van der Waals surface area contributed by atoms with Crippen LogP contribution in [-0.4, -0.2) is 19.7 Å². The maximum atomic E-state index is 13.0. The molecule has 8 heteroatoms. The monoisotopic (exact) mass is 395 g/mol. The number of halogens is 3. The van der Waals surface area contributed by atoms with Gasteiger partial charge in [0, 0.05) is 30.7 Å². The van der Waals surface area contributed by atoms with Crippen LogP contribution in [0, 0.1) is 0 Å². The lowest BCUT2D eigenvalue weighted by Crippen LogP contribution is -2.05. The number of alkyl halides is 3. The second kappa shape index (κ2) is 7.38. The molecule has 0 bridgehead atoms. The first-order valence-corrected chi connectivity index (χ1v) is 8.76. The van der Waals surface area contributed by atoms with E-state index in [1.807, 2.05) is 36.4 Å². The zero-order chi connectivity index (χ0) is 20.4. The predicted octanol–water partition coefficient (Wildman–Crippen LogP) is 5.31. The molecule has 0 aliphatic rings. The Labute approximate surface area is 164 Å². The molecule has 0 aliphatic carbocycles. The van der Waals surface area contributed by atoms with E-state index in [9.17, 15) is 13.2 Å². The van der Waals surface area contributed by atoms with Gasteiger partial charge in [0.1, 0.15) is 0 Å². The normalized spacial score (nSPS) is 11.4. The summed E-state index contributed by atoms with van der Waals surface area (Å²) in [7, 11) is 1.64. The summed E-state index contributed by atoms with van der Waals surface area (Å²) in [6, 6.07) is 16.5. The highest BCUT2D eigenvalue weighted by Crippen LogP contribution is 2.32. The van der Waals surface area contributed by atoms with Gasteiger partial charge in [-0.1, -0.05) is 24.3 Å². The van der Waals surface area contributed by atoms with Crippen molar-refractivity contribution in [2.24, 2.45) is 7.05 Å². The zero-order valence-corrected chi connectivity index (χ0v) is 15.4. The van der Waals surface area contributed by atoms with Crippen molar-refractivity contribution in [1.29, 1.82) is 0 Å². The smallest absolute Gasteiger partial charge is 0.323 e. The average molecular weight is 395 g/mol. The third kappa shape index (κ3) is 4.11. The molecule has 0 saturated carbocycles. The first kappa shape index (κ1) is 18.7. The molecule has 0 radical (unpaired) electrons. The minimum atomic E-state index is -4.41. The summed E-state index contributed by atoms with van der Waals surface area (Å²) in [5.74, 6) is 0.642. The fraction of sp³-hybridized carbons (Fsp3) is 0.0952. The van der Waals surface area contributed by atoms with Crippen molar-refractivity contribution in [3.8, 4) is 22.5 Å². The van der Waals surface area contributed by atoms with Crippen LogP contribution in [0.2, 0.25) is 0 Å². The van der Waals surface area contributed by atoms with Gasteiger partial charge in [-0.2, -0.15) is 18.2 Å². The zero-order valence-electron chi connectivity index (χ0n) is 15.4. The second-order valence-corrected chi connectivity index (χ2v) is 6.40. The van der Waals surface area contributed by atoms with Gasteiger partial charge in [0.2, 0.25) is 5.95 Å². The van der Waals surface area contributed by atoms with E-state index in [1.54, 1.807) is 25.5 Å². The molecular formula is C21H16F3N5. The van der Waals surface area contributed by atoms with Gasteiger partial charge in [-0.15, -0.1) is 5.10 Å². The number of aryl methyl sites for hydroxylation is 1. The summed E-state index contributed by atoms with van der Waals surface area (Å²) < 4.78 is 40.4. The van der Waals surface area contributed by atoms with Crippen molar-refractivity contribution in [2.75, 3.05) is 5.32 Å². The molecule has 4 rings (SSSR count). The van der Waals surface area contributed by atoms with E-state index in [4.69, 9.17) is 0 Å². The van der Waals surface area contributed by atoms with Crippen molar-refractivity contribution in [2.45, 2.75) is 6.18 Å². The van der Waals surface area contributed by atoms with E-state index in [0.717, 1.165) is 28.9 Å². The Morgan fingerprint density at radius 1 is 0.862 bits per heavy atom. The predicted molar refractivity (Wildman–Crippen MR) is 104 cm³/mol. The summed E-state index contributed by atoms with van der Waals surface area (Å²) in [5, 5.41) is 7.34. The van der Waals surface area contributed by atoms with Crippen LogP contribution in [0.3, 0.4) is 0 Å². The number of hydrogen-bond acceptors (Lipinski definition) is 4. The van der Waals surface area contributed by atoms with Gasteiger partial charge in [-0.3, -0.25) is 4.98 Å². The maximum absolute atomic E-state index is 13.0. The van der Waals surface area contributed by atoms with Gasteiger partial charge in [0.05, 0.1) is 5.56 Å². The highest BCUT2D eigenvalue weighted by molar-refractivity contribution is 5.67. The lowest BCUT2D eigenvalue weighted by Gasteiger charge is -2.07. The summed E-state index contributed by atoms with van der Waals surface area (Å²) in [6.07, 6.45) is -0.949. The van der Waals surface area contributed by atoms with Crippen LogP contribution in [0.5, 0.6) is 0 Å². The van der Waals surface area contributed by atoms with Crippen LogP contribution in [-0.2, 0) is 13.2 Å². The summed E-state index contributed by atoms with van der Waals surface area (Å²) in [5.41, 5.74) is 2.48. The van der Waals surface area contributed by atoms with Crippen LogP contribution in [0.4, 0.5) is 24.8 Å². The van der Waals surface area contributed by atoms with Crippen LogP contribution < -0.4 is 5.32 Å². The van der Waals surface area contributed by atoms with E-state index < -0.39 is 11.7 Å². The van der Waals surface area contributed by atoms with E-state index in [0.29, 0.717) is 17.3 Å². The van der Waals surface area contributed by atoms with E-state index in [2.05, 4.69) is 20.4 Å². The van der Waals surface area contributed by atoms with Crippen molar-refractivity contribution >= 4 is 11.6 Å². The number of hydrogen-bond donors (Lipinski definition) is 1. The van der Waals surface area contributed by atoms with Crippen LogP contribution in [0.25, 0.3) is 22.5 Å². The molecule has 0 aliphatic heterocycles. The molecule has 146 valence electrons. The van der Waals surface area contributed by atoms with E-state index >= 15 is 0 Å². The van der Waals surface area contributed by atoms with Gasteiger partial charge < -0.3 is 5.32 Å². The quantitative estimate of drug-likeness (QED) is 0.509. The number of nitrogens with zero attached hydrogens (tertiary/aromatic N) is 4. The van der Waals surface area contributed by atoms with E-state index in [1.165, 1.54) is 10.7 Å². The number of nitrogens with one attached hydrogen (secondary N) is 1. The average Bonchev–Trinajstić information content (AvgIpc) is 3.09. The Kier molecular flexibility index (Phi) is 4.75. The number of pyridine rings is 1.